The molecule has 1 heterocycles. The summed E-state index contributed by atoms with van der Waals surface area (Å²) in [6.07, 6.45) is -3.09. The van der Waals surface area contributed by atoms with Gasteiger partial charge in [0.2, 0.25) is 0 Å². The minimum Gasteiger partial charge on any atom is -0.484 e. The number of nitrogens with zero attached hydrogens (tertiary/aromatic N) is 1. The van der Waals surface area contributed by atoms with Crippen LogP contribution in [0.15, 0.2) is 18.3 Å². The maximum atomic E-state index is 11.8. The zero-order valence-electron chi connectivity index (χ0n) is 7.41. The van der Waals surface area contributed by atoms with Crippen molar-refractivity contribution in [2.24, 2.45) is 5.73 Å². The Balaban J connectivity index is 2.70. The van der Waals surface area contributed by atoms with Crippen molar-refractivity contribution in [3.8, 4) is 5.75 Å². The van der Waals surface area contributed by atoms with Gasteiger partial charge in [-0.1, -0.05) is 12.2 Å². The van der Waals surface area contributed by atoms with E-state index >= 15 is 0 Å². The van der Waals surface area contributed by atoms with E-state index in [0.29, 0.717) is 0 Å². The standard InChI is InChI=1S/C8H7F3N2OS/c9-8(10,11)4-14-5-1-2-13-6(3-5)7(12)15/h1-3H,4H2,(H2,12,15). The van der Waals surface area contributed by atoms with Crippen LogP contribution in [0.25, 0.3) is 0 Å². The van der Waals surface area contributed by atoms with E-state index in [1.807, 2.05) is 0 Å². The molecule has 0 amide bonds. The first-order chi connectivity index (χ1) is 6.88. The Bertz CT molecular complexity index is 367. The van der Waals surface area contributed by atoms with Crippen molar-refractivity contribution in [1.82, 2.24) is 4.98 Å². The lowest BCUT2D eigenvalue weighted by atomic mass is 10.3. The number of alkyl halides is 3. The maximum absolute atomic E-state index is 11.8. The molecule has 15 heavy (non-hydrogen) atoms. The normalized spacial score (nSPS) is 11.1. The van der Waals surface area contributed by atoms with E-state index in [0.717, 1.165) is 0 Å². The van der Waals surface area contributed by atoms with Gasteiger partial charge in [-0.15, -0.1) is 0 Å². The number of hydrogen-bond donors (Lipinski definition) is 1. The molecule has 7 heteroatoms. The molecule has 82 valence electrons. The number of hydrogen-bond acceptors (Lipinski definition) is 3. The van der Waals surface area contributed by atoms with Gasteiger partial charge in [0.25, 0.3) is 0 Å². The van der Waals surface area contributed by atoms with E-state index in [1.54, 1.807) is 0 Å². The summed E-state index contributed by atoms with van der Waals surface area (Å²) in [5.41, 5.74) is 5.48. The van der Waals surface area contributed by atoms with Gasteiger partial charge in [-0.25, -0.2) is 0 Å². The first kappa shape index (κ1) is 11.7. The Morgan fingerprint density at radius 2 is 2.20 bits per heavy atom. The van der Waals surface area contributed by atoms with Gasteiger partial charge in [0.15, 0.2) is 6.61 Å². The van der Waals surface area contributed by atoms with E-state index in [1.165, 1.54) is 18.3 Å². The molecule has 0 atom stereocenters. The van der Waals surface area contributed by atoms with E-state index in [4.69, 9.17) is 5.73 Å². The van der Waals surface area contributed by atoms with Crippen LogP contribution in [0, 0.1) is 0 Å². The molecular weight excluding hydrogens is 229 g/mol. The highest BCUT2D eigenvalue weighted by Gasteiger charge is 2.28. The first-order valence-corrected chi connectivity index (χ1v) is 4.25. The Morgan fingerprint density at radius 3 is 2.73 bits per heavy atom. The Kier molecular flexibility index (Phi) is 3.46. The maximum Gasteiger partial charge on any atom is 0.422 e. The summed E-state index contributed by atoms with van der Waals surface area (Å²) in [6, 6.07) is 2.56. The van der Waals surface area contributed by atoms with Crippen molar-refractivity contribution in [3.63, 3.8) is 0 Å². The van der Waals surface area contributed by atoms with Gasteiger partial charge in [0.05, 0.1) is 0 Å². The van der Waals surface area contributed by atoms with Crippen LogP contribution in [-0.2, 0) is 0 Å². The zero-order valence-corrected chi connectivity index (χ0v) is 8.23. The van der Waals surface area contributed by atoms with Gasteiger partial charge in [-0.3, -0.25) is 4.98 Å². The van der Waals surface area contributed by atoms with Crippen molar-refractivity contribution >= 4 is 17.2 Å². The molecule has 0 spiro atoms. The smallest absolute Gasteiger partial charge is 0.422 e. The summed E-state index contributed by atoms with van der Waals surface area (Å²) in [5.74, 6) is 0.0325. The number of thiocarbonyl (C=S) groups is 1. The SMILES string of the molecule is NC(=S)c1cc(OCC(F)(F)F)ccn1. The largest absolute Gasteiger partial charge is 0.484 e. The molecule has 0 aliphatic heterocycles. The fourth-order valence-corrected chi connectivity index (χ4v) is 0.912. The van der Waals surface area contributed by atoms with Crippen LogP contribution >= 0.6 is 12.2 Å². The number of aromatic nitrogens is 1. The number of ether oxygens (including phenoxy) is 1. The second-order valence-corrected chi connectivity index (χ2v) is 3.08. The lowest BCUT2D eigenvalue weighted by molar-refractivity contribution is -0.153. The molecule has 0 saturated carbocycles. The predicted molar refractivity (Wildman–Crippen MR) is 51.7 cm³/mol. The van der Waals surface area contributed by atoms with Crippen LogP contribution in [0.5, 0.6) is 5.75 Å². The average Bonchev–Trinajstić information content (AvgIpc) is 2.14. The van der Waals surface area contributed by atoms with Crippen LogP contribution in [0.3, 0.4) is 0 Å². The first-order valence-electron chi connectivity index (χ1n) is 3.84. The van der Waals surface area contributed by atoms with Gasteiger partial charge in [-0.2, -0.15) is 13.2 Å². The van der Waals surface area contributed by atoms with Crippen LogP contribution in [0.4, 0.5) is 13.2 Å². The topological polar surface area (TPSA) is 48.1 Å². The highest BCUT2D eigenvalue weighted by Crippen LogP contribution is 2.18. The molecular formula is C8H7F3N2OS. The lowest BCUT2D eigenvalue weighted by Crippen LogP contribution is -2.19. The zero-order chi connectivity index (χ0) is 11.5. The van der Waals surface area contributed by atoms with Crippen LogP contribution in [0.2, 0.25) is 0 Å². The van der Waals surface area contributed by atoms with Gasteiger partial charge >= 0.3 is 6.18 Å². The fourth-order valence-electron chi connectivity index (χ4n) is 0.801. The quantitative estimate of drug-likeness (QED) is 0.811. The summed E-state index contributed by atoms with van der Waals surface area (Å²) in [5, 5.41) is 0. The molecule has 0 aliphatic carbocycles. The summed E-state index contributed by atoms with van der Waals surface area (Å²) >= 11 is 4.62. The van der Waals surface area contributed by atoms with Crippen molar-refractivity contribution in [2.45, 2.75) is 6.18 Å². The van der Waals surface area contributed by atoms with Gasteiger partial charge in [-0.05, 0) is 6.07 Å². The molecule has 3 nitrogen and oxygen atoms in total. The van der Waals surface area contributed by atoms with Crippen LogP contribution in [-0.4, -0.2) is 22.8 Å². The summed E-state index contributed by atoms with van der Waals surface area (Å²) in [7, 11) is 0. The Morgan fingerprint density at radius 1 is 1.53 bits per heavy atom. The molecule has 0 radical (unpaired) electrons. The molecule has 0 fully saturated rings. The molecule has 0 unspecified atom stereocenters. The third-order valence-corrected chi connectivity index (χ3v) is 1.60. The molecule has 2 N–H and O–H groups in total. The minimum atomic E-state index is -4.37. The minimum absolute atomic E-state index is 0.00691. The van der Waals surface area contributed by atoms with E-state index in [-0.39, 0.29) is 16.4 Å². The van der Waals surface area contributed by atoms with Crippen LogP contribution < -0.4 is 10.5 Å². The average molecular weight is 236 g/mol. The van der Waals surface area contributed by atoms with E-state index < -0.39 is 12.8 Å². The Hall–Kier alpha value is -1.37. The molecule has 1 aromatic heterocycles. The molecule has 0 aromatic carbocycles. The highest BCUT2D eigenvalue weighted by molar-refractivity contribution is 7.80. The van der Waals surface area contributed by atoms with Crippen molar-refractivity contribution < 1.29 is 17.9 Å². The molecule has 1 aromatic rings. The molecule has 0 bridgehead atoms. The van der Waals surface area contributed by atoms with E-state index in [2.05, 4.69) is 21.9 Å². The molecule has 1 rings (SSSR count). The Labute approximate surface area is 89.1 Å². The summed E-state index contributed by atoms with van der Waals surface area (Å²) < 4.78 is 39.9. The third-order valence-electron chi connectivity index (χ3n) is 1.39. The molecule has 0 saturated heterocycles. The van der Waals surface area contributed by atoms with Crippen molar-refractivity contribution in [2.75, 3.05) is 6.61 Å². The van der Waals surface area contributed by atoms with E-state index in [9.17, 15) is 13.2 Å². The second kappa shape index (κ2) is 4.43. The van der Waals surface area contributed by atoms with Crippen molar-refractivity contribution in [3.05, 3.63) is 24.0 Å². The van der Waals surface area contributed by atoms with Gasteiger partial charge in [0.1, 0.15) is 16.4 Å². The predicted octanol–water partition coefficient (Wildman–Crippen LogP) is 1.66. The highest BCUT2D eigenvalue weighted by atomic mass is 32.1. The molecule has 0 aliphatic rings. The summed E-state index contributed by atoms with van der Waals surface area (Å²) in [4.78, 5) is 3.76. The fraction of sp³-hybridized carbons (Fsp3) is 0.250. The second-order valence-electron chi connectivity index (χ2n) is 2.64. The monoisotopic (exact) mass is 236 g/mol. The number of rotatable bonds is 3. The lowest BCUT2D eigenvalue weighted by Gasteiger charge is -2.09. The number of halogens is 3. The number of pyridine rings is 1. The van der Waals surface area contributed by atoms with Crippen LogP contribution in [0.1, 0.15) is 5.69 Å². The third kappa shape index (κ3) is 4.11. The van der Waals surface area contributed by atoms with Gasteiger partial charge < -0.3 is 10.5 Å². The summed E-state index contributed by atoms with van der Waals surface area (Å²) in [6.45, 7) is -1.35. The van der Waals surface area contributed by atoms with Crippen molar-refractivity contribution in [1.29, 1.82) is 0 Å². The van der Waals surface area contributed by atoms with Gasteiger partial charge in [0, 0.05) is 12.3 Å². The number of nitrogens with two attached hydrogens (primary N) is 1.